The van der Waals surface area contributed by atoms with Crippen molar-refractivity contribution in [1.29, 1.82) is 11.1 Å². The molecule has 22 heavy (non-hydrogen) atoms. The number of unbranched alkanes of at least 4 members (excludes halogenated alkanes) is 3. The number of nitrogens with zero attached hydrogens (tertiary/aromatic N) is 2. The summed E-state index contributed by atoms with van der Waals surface area (Å²) in [6.07, 6.45) is 8.95. The van der Waals surface area contributed by atoms with Gasteiger partial charge in [0.2, 0.25) is 0 Å². The molecule has 0 heterocycles. The van der Waals surface area contributed by atoms with E-state index in [2.05, 4.69) is 20.9 Å². The molecule has 0 aromatic heterocycles. The van der Waals surface area contributed by atoms with Crippen LogP contribution in [-0.4, -0.2) is 26.3 Å². The Balaban J connectivity index is 3.18. The van der Waals surface area contributed by atoms with Gasteiger partial charge in [-0.25, -0.2) is 11.1 Å². The molecule has 4 N–H and O–H groups in total. The highest BCUT2D eigenvalue weighted by molar-refractivity contribution is 4.91. The molecule has 0 aliphatic carbocycles. The number of allylic oxidation sites excluding steroid dienone is 2. The topological polar surface area (TPSA) is 106 Å². The molecule has 0 amide bonds. The maximum Gasteiger partial charge on any atom is 0.0748 e. The summed E-state index contributed by atoms with van der Waals surface area (Å²) in [6.45, 7) is 7.02. The predicted molar refractivity (Wildman–Crippen MR) is 87.7 cm³/mol. The minimum absolute atomic E-state index is 0.686. The first-order chi connectivity index (χ1) is 10.7. The van der Waals surface area contributed by atoms with Crippen LogP contribution in [0.2, 0.25) is 0 Å². The van der Waals surface area contributed by atoms with Crippen LogP contribution in [0.25, 0.3) is 0 Å². The van der Waals surface area contributed by atoms with Gasteiger partial charge < -0.3 is 15.4 Å². The summed E-state index contributed by atoms with van der Waals surface area (Å²) in [6, 6.07) is 0. The van der Waals surface area contributed by atoms with Crippen LogP contribution in [-0.2, 0) is 4.74 Å². The zero-order valence-electron chi connectivity index (χ0n) is 13.8. The Kier molecular flexibility index (Phi) is 14.4. The maximum atomic E-state index is 6.78. The first kappa shape index (κ1) is 20.2. The van der Waals surface area contributed by atoms with Crippen molar-refractivity contribution in [2.75, 3.05) is 26.3 Å². The molecule has 0 atom stereocenters. The highest BCUT2D eigenvalue weighted by Gasteiger charge is 1.92. The van der Waals surface area contributed by atoms with Gasteiger partial charge in [-0.3, -0.25) is 0 Å². The average Bonchev–Trinajstić information content (AvgIpc) is 2.54. The number of rotatable bonds is 15. The van der Waals surface area contributed by atoms with Crippen LogP contribution < -0.4 is 10.6 Å². The van der Waals surface area contributed by atoms with Crippen LogP contribution in [0.3, 0.4) is 0 Å². The summed E-state index contributed by atoms with van der Waals surface area (Å²) >= 11 is 0. The first-order valence-electron chi connectivity index (χ1n) is 7.83. The molecule has 0 saturated heterocycles. The summed E-state index contributed by atoms with van der Waals surface area (Å²) in [4.78, 5) is 0. The van der Waals surface area contributed by atoms with Gasteiger partial charge in [0.05, 0.1) is 11.4 Å². The Morgan fingerprint density at radius 3 is 1.77 bits per heavy atom. The van der Waals surface area contributed by atoms with E-state index >= 15 is 0 Å². The normalized spacial score (nSPS) is 12.1. The minimum atomic E-state index is 0.686. The molecule has 0 bridgehead atoms. The maximum absolute atomic E-state index is 6.78. The largest absolute Gasteiger partial charge is 0.389 e. The summed E-state index contributed by atoms with van der Waals surface area (Å²) in [5, 5.41) is 12.9. The third-order valence-electron chi connectivity index (χ3n) is 2.94. The van der Waals surface area contributed by atoms with Crippen molar-refractivity contribution in [2.24, 2.45) is 10.2 Å². The molecule has 0 aliphatic heterocycles. The lowest BCUT2D eigenvalue weighted by molar-refractivity contribution is 0.126. The lowest BCUT2D eigenvalue weighted by Crippen LogP contribution is -2.09. The third kappa shape index (κ3) is 14.6. The van der Waals surface area contributed by atoms with E-state index in [9.17, 15) is 0 Å². The van der Waals surface area contributed by atoms with Gasteiger partial charge in [-0.1, -0.05) is 0 Å². The Morgan fingerprint density at radius 1 is 0.818 bits per heavy atom. The molecule has 0 aliphatic rings. The van der Waals surface area contributed by atoms with Crippen molar-refractivity contribution in [2.45, 2.75) is 46.0 Å². The van der Waals surface area contributed by atoms with Gasteiger partial charge in [0.15, 0.2) is 0 Å². The summed E-state index contributed by atoms with van der Waals surface area (Å²) < 4.78 is 5.58. The highest BCUT2D eigenvalue weighted by Crippen LogP contribution is 1.97. The zero-order valence-corrected chi connectivity index (χ0v) is 13.8. The standard InChI is InChI=1S/C15H30N6O/c1-14(20-16)12-18-8-4-3-6-10-22-11-7-5-9-19-13-15(2)21-17/h12-13,16-19H,3-11H2,1-2H3/b14-12-,15-13-,20-16?,21-17?. The van der Waals surface area contributed by atoms with Crippen molar-refractivity contribution in [1.82, 2.24) is 10.6 Å². The molecular formula is C15H30N6O. The van der Waals surface area contributed by atoms with Crippen LogP contribution in [0.4, 0.5) is 0 Å². The molecule has 7 heteroatoms. The predicted octanol–water partition coefficient (Wildman–Crippen LogP) is 3.92. The summed E-state index contributed by atoms with van der Waals surface area (Å²) in [7, 11) is 0. The molecular weight excluding hydrogens is 280 g/mol. The third-order valence-corrected chi connectivity index (χ3v) is 2.94. The van der Waals surface area contributed by atoms with Crippen molar-refractivity contribution < 1.29 is 4.74 Å². The van der Waals surface area contributed by atoms with E-state index in [0.29, 0.717) is 11.4 Å². The van der Waals surface area contributed by atoms with Gasteiger partial charge in [0.25, 0.3) is 0 Å². The lowest BCUT2D eigenvalue weighted by atomic mass is 10.2. The first-order valence-corrected chi connectivity index (χ1v) is 7.83. The van der Waals surface area contributed by atoms with Crippen LogP contribution in [0.15, 0.2) is 34.0 Å². The van der Waals surface area contributed by atoms with Gasteiger partial charge in [-0.2, -0.15) is 10.2 Å². The minimum Gasteiger partial charge on any atom is -0.389 e. The van der Waals surface area contributed by atoms with E-state index in [4.69, 9.17) is 15.8 Å². The zero-order chi connectivity index (χ0) is 16.5. The smallest absolute Gasteiger partial charge is 0.0748 e. The molecule has 7 nitrogen and oxygen atoms in total. The molecule has 0 unspecified atom stereocenters. The molecule has 0 saturated carbocycles. The molecule has 0 rings (SSSR count). The van der Waals surface area contributed by atoms with Crippen LogP contribution in [0, 0.1) is 11.1 Å². The van der Waals surface area contributed by atoms with E-state index in [0.717, 1.165) is 58.4 Å². The van der Waals surface area contributed by atoms with E-state index < -0.39 is 0 Å². The monoisotopic (exact) mass is 310 g/mol. The Labute approximate surface area is 133 Å². The fourth-order valence-corrected chi connectivity index (χ4v) is 1.65. The lowest BCUT2D eigenvalue weighted by Gasteiger charge is -2.05. The van der Waals surface area contributed by atoms with E-state index in [-0.39, 0.29) is 0 Å². The Bertz CT molecular complexity index is 320. The van der Waals surface area contributed by atoms with E-state index in [1.54, 1.807) is 26.2 Å². The van der Waals surface area contributed by atoms with Crippen molar-refractivity contribution in [3.05, 3.63) is 23.8 Å². The van der Waals surface area contributed by atoms with E-state index in [1.807, 2.05) is 0 Å². The second kappa shape index (κ2) is 15.6. The van der Waals surface area contributed by atoms with Gasteiger partial charge in [-0.05, 0) is 46.0 Å². The van der Waals surface area contributed by atoms with Gasteiger partial charge in [-0.15, -0.1) is 0 Å². The fraction of sp³-hybridized carbons (Fsp3) is 0.733. The number of nitrogens with one attached hydrogen (secondary N) is 4. The SMILES string of the molecule is C/C(=C/NCCCCCOCCCCN/C=C(/C)N=N)N=N. The second-order valence-corrected chi connectivity index (χ2v) is 5.08. The van der Waals surface area contributed by atoms with Gasteiger partial charge in [0.1, 0.15) is 0 Å². The molecule has 0 aromatic carbocycles. The molecule has 0 aromatic rings. The number of hydrogen-bond acceptors (Lipinski definition) is 7. The number of hydrogen-bond donors (Lipinski definition) is 4. The van der Waals surface area contributed by atoms with Gasteiger partial charge >= 0.3 is 0 Å². The Hall–Kier alpha value is -1.76. The summed E-state index contributed by atoms with van der Waals surface area (Å²) in [5.74, 6) is 0. The molecule has 0 spiro atoms. The quantitative estimate of drug-likeness (QED) is 0.272. The highest BCUT2D eigenvalue weighted by atomic mass is 16.5. The summed E-state index contributed by atoms with van der Waals surface area (Å²) in [5.41, 5.74) is 14.9. The second-order valence-electron chi connectivity index (χ2n) is 5.08. The fourth-order valence-electron chi connectivity index (χ4n) is 1.65. The Morgan fingerprint density at radius 2 is 1.27 bits per heavy atom. The van der Waals surface area contributed by atoms with Crippen molar-refractivity contribution in [3.8, 4) is 0 Å². The van der Waals surface area contributed by atoms with Crippen molar-refractivity contribution >= 4 is 0 Å². The van der Waals surface area contributed by atoms with Crippen LogP contribution in [0.1, 0.15) is 46.0 Å². The molecule has 0 radical (unpaired) electrons. The molecule has 126 valence electrons. The van der Waals surface area contributed by atoms with E-state index in [1.165, 1.54) is 0 Å². The average molecular weight is 310 g/mol. The van der Waals surface area contributed by atoms with Crippen molar-refractivity contribution in [3.63, 3.8) is 0 Å². The molecule has 0 fully saturated rings. The van der Waals surface area contributed by atoms with Crippen LogP contribution >= 0.6 is 0 Å². The van der Waals surface area contributed by atoms with Crippen LogP contribution in [0.5, 0.6) is 0 Å². The van der Waals surface area contributed by atoms with Gasteiger partial charge in [0, 0.05) is 38.7 Å². The number of ether oxygens (including phenoxy) is 1.